The van der Waals surface area contributed by atoms with Crippen molar-refractivity contribution in [1.82, 2.24) is 20.7 Å². The Balaban J connectivity index is 1.45. The van der Waals surface area contributed by atoms with Gasteiger partial charge in [-0.3, -0.25) is 9.78 Å². The molecule has 5 nitrogen and oxygen atoms in total. The maximum atomic E-state index is 13.1. The molecule has 0 bridgehead atoms. The zero-order valence-corrected chi connectivity index (χ0v) is 13.9. The van der Waals surface area contributed by atoms with Gasteiger partial charge in [0.2, 0.25) is 5.91 Å². The number of aromatic nitrogens is 1. The Morgan fingerprint density at radius 1 is 1.08 bits per heavy atom. The number of halogens is 1. The van der Waals surface area contributed by atoms with Gasteiger partial charge in [0.05, 0.1) is 6.04 Å². The summed E-state index contributed by atoms with van der Waals surface area (Å²) < 4.78 is 13.1. The van der Waals surface area contributed by atoms with Crippen LogP contribution in [0.3, 0.4) is 0 Å². The Kier molecular flexibility index (Phi) is 4.46. The molecule has 0 aliphatic carbocycles. The van der Waals surface area contributed by atoms with Crippen LogP contribution in [0.25, 0.3) is 0 Å². The number of likely N-dealkylation sites (tertiary alicyclic amines) is 1. The maximum absolute atomic E-state index is 13.1. The first kappa shape index (κ1) is 16.2. The van der Waals surface area contributed by atoms with Crippen LogP contribution < -0.4 is 10.9 Å². The molecule has 3 unspecified atom stereocenters. The Hall–Kier alpha value is -2.31. The van der Waals surface area contributed by atoms with Crippen molar-refractivity contribution in [2.24, 2.45) is 0 Å². The minimum absolute atomic E-state index is 0.0107. The molecule has 2 aromatic rings. The second-order valence-corrected chi connectivity index (χ2v) is 6.65. The Morgan fingerprint density at radius 2 is 1.84 bits per heavy atom. The minimum Gasteiger partial charge on any atom is -0.334 e. The fraction of sp³-hybridized carbons (Fsp3) is 0.368. The minimum atomic E-state index is -0.266. The summed E-state index contributed by atoms with van der Waals surface area (Å²) in [6.07, 6.45) is 6.20. The summed E-state index contributed by atoms with van der Waals surface area (Å²) in [7, 11) is 0. The van der Waals surface area contributed by atoms with Gasteiger partial charge in [-0.25, -0.2) is 15.2 Å². The highest BCUT2D eigenvalue weighted by Gasteiger charge is 2.37. The number of hydrazine groups is 1. The van der Waals surface area contributed by atoms with E-state index in [1.165, 1.54) is 12.1 Å². The molecule has 25 heavy (non-hydrogen) atoms. The average molecular weight is 340 g/mol. The summed E-state index contributed by atoms with van der Waals surface area (Å²) in [6, 6.07) is 10.3. The molecule has 2 N–H and O–H groups in total. The molecule has 6 heteroatoms. The highest BCUT2D eigenvalue weighted by molar-refractivity contribution is 5.83. The zero-order valence-electron chi connectivity index (χ0n) is 13.9. The number of nitrogens with one attached hydrogen (secondary N) is 2. The summed E-state index contributed by atoms with van der Waals surface area (Å²) in [6.45, 7) is 0.783. The third kappa shape index (κ3) is 3.27. The van der Waals surface area contributed by atoms with Crippen molar-refractivity contribution in [2.45, 2.75) is 37.4 Å². The number of amides is 1. The third-order valence-electron chi connectivity index (χ3n) is 5.10. The molecule has 2 saturated heterocycles. The van der Waals surface area contributed by atoms with Crippen molar-refractivity contribution in [3.05, 3.63) is 65.7 Å². The van der Waals surface area contributed by atoms with Crippen molar-refractivity contribution in [3.8, 4) is 0 Å². The van der Waals surface area contributed by atoms with Crippen LogP contribution in [0.5, 0.6) is 0 Å². The van der Waals surface area contributed by atoms with Crippen LogP contribution >= 0.6 is 0 Å². The van der Waals surface area contributed by atoms with E-state index in [0.29, 0.717) is 6.42 Å². The number of benzene rings is 1. The van der Waals surface area contributed by atoms with E-state index in [-0.39, 0.29) is 29.8 Å². The van der Waals surface area contributed by atoms with E-state index in [2.05, 4.69) is 15.8 Å². The fourth-order valence-electron chi connectivity index (χ4n) is 3.79. The van der Waals surface area contributed by atoms with Crippen molar-refractivity contribution in [3.63, 3.8) is 0 Å². The fourth-order valence-corrected chi connectivity index (χ4v) is 3.79. The molecule has 3 heterocycles. The van der Waals surface area contributed by atoms with Crippen LogP contribution in [0.15, 0.2) is 48.8 Å². The molecule has 2 aliphatic rings. The van der Waals surface area contributed by atoms with Gasteiger partial charge in [0.25, 0.3) is 0 Å². The van der Waals surface area contributed by atoms with E-state index in [4.69, 9.17) is 0 Å². The predicted octanol–water partition coefficient (Wildman–Crippen LogP) is 2.49. The van der Waals surface area contributed by atoms with Crippen LogP contribution in [0, 0.1) is 5.82 Å². The monoisotopic (exact) mass is 340 g/mol. The van der Waals surface area contributed by atoms with Crippen LogP contribution in [0.4, 0.5) is 4.39 Å². The molecule has 3 atom stereocenters. The van der Waals surface area contributed by atoms with E-state index in [0.717, 1.165) is 30.5 Å². The number of carbonyl (C=O) groups excluding carboxylic acids is 1. The van der Waals surface area contributed by atoms with Crippen LogP contribution in [0.2, 0.25) is 0 Å². The first-order valence-electron chi connectivity index (χ1n) is 8.69. The Bertz CT molecular complexity index is 737. The lowest BCUT2D eigenvalue weighted by atomic mass is 10.0. The first-order valence-corrected chi connectivity index (χ1v) is 8.69. The smallest absolute Gasteiger partial charge is 0.241 e. The highest BCUT2D eigenvalue weighted by Crippen LogP contribution is 2.33. The van der Waals surface area contributed by atoms with Crippen molar-refractivity contribution < 1.29 is 9.18 Å². The molecule has 1 amide bonds. The largest absolute Gasteiger partial charge is 0.334 e. The average Bonchev–Trinajstić information content (AvgIpc) is 3.32. The van der Waals surface area contributed by atoms with Gasteiger partial charge in [0.1, 0.15) is 11.9 Å². The summed E-state index contributed by atoms with van der Waals surface area (Å²) >= 11 is 0. The van der Waals surface area contributed by atoms with Gasteiger partial charge in [0, 0.05) is 25.0 Å². The van der Waals surface area contributed by atoms with Gasteiger partial charge >= 0.3 is 0 Å². The highest BCUT2D eigenvalue weighted by atomic mass is 19.1. The van der Waals surface area contributed by atoms with E-state index in [9.17, 15) is 9.18 Å². The molecule has 4 rings (SSSR count). The Morgan fingerprint density at radius 3 is 2.60 bits per heavy atom. The van der Waals surface area contributed by atoms with Crippen molar-refractivity contribution in [2.75, 3.05) is 6.54 Å². The lowest BCUT2D eigenvalue weighted by Gasteiger charge is -2.27. The molecular weight excluding hydrogens is 319 g/mol. The molecule has 1 aromatic heterocycles. The van der Waals surface area contributed by atoms with Gasteiger partial charge < -0.3 is 4.90 Å². The lowest BCUT2D eigenvalue weighted by Crippen LogP contribution is -2.45. The summed E-state index contributed by atoms with van der Waals surface area (Å²) in [5.74, 6) is -0.129. The third-order valence-corrected chi connectivity index (χ3v) is 5.10. The normalized spacial score (nSPS) is 26.1. The molecule has 2 fully saturated rings. The number of carbonyl (C=O) groups is 1. The van der Waals surface area contributed by atoms with Crippen LogP contribution in [-0.2, 0) is 4.79 Å². The maximum Gasteiger partial charge on any atom is 0.241 e. The summed E-state index contributed by atoms with van der Waals surface area (Å²) in [5, 5.41) is 0. The molecule has 1 aromatic carbocycles. The summed E-state index contributed by atoms with van der Waals surface area (Å²) in [4.78, 5) is 19.0. The molecule has 0 spiro atoms. The first-order chi connectivity index (χ1) is 12.2. The number of hydrogen-bond acceptors (Lipinski definition) is 4. The van der Waals surface area contributed by atoms with E-state index >= 15 is 0 Å². The number of rotatable bonds is 3. The number of pyridine rings is 1. The quantitative estimate of drug-likeness (QED) is 0.901. The molecule has 130 valence electrons. The van der Waals surface area contributed by atoms with Crippen molar-refractivity contribution >= 4 is 5.91 Å². The van der Waals surface area contributed by atoms with Crippen LogP contribution in [-0.4, -0.2) is 28.4 Å². The predicted molar refractivity (Wildman–Crippen MR) is 91.7 cm³/mol. The van der Waals surface area contributed by atoms with Gasteiger partial charge in [0.15, 0.2) is 0 Å². The molecular formula is C19H21FN4O. The van der Waals surface area contributed by atoms with Gasteiger partial charge in [-0.15, -0.1) is 0 Å². The second-order valence-electron chi connectivity index (χ2n) is 6.65. The standard InChI is InChI=1S/C19H21FN4O/c20-15-5-3-13(4-6-15)16-12-17(23-22-16)19(25)24-11-1-2-18(24)14-7-9-21-10-8-14/h3-10,16-18,22-23H,1-2,11-12H2. The van der Waals surface area contributed by atoms with E-state index in [1.807, 2.05) is 17.0 Å². The lowest BCUT2D eigenvalue weighted by molar-refractivity contribution is -0.134. The van der Waals surface area contributed by atoms with Crippen molar-refractivity contribution in [1.29, 1.82) is 0 Å². The SMILES string of the molecule is O=C(C1CC(c2ccc(F)cc2)NN1)N1CCCC1c1ccncc1. The number of nitrogens with zero attached hydrogens (tertiary/aromatic N) is 2. The zero-order chi connectivity index (χ0) is 17.2. The van der Waals surface area contributed by atoms with Crippen LogP contribution in [0.1, 0.15) is 42.5 Å². The van der Waals surface area contributed by atoms with Gasteiger partial charge in [-0.1, -0.05) is 12.1 Å². The topological polar surface area (TPSA) is 57.3 Å². The van der Waals surface area contributed by atoms with Gasteiger partial charge in [-0.2, -0.15) is 0 Å². The van der Waals surface area contributed by atoms with Gasteiger partial charge in [-0.05, 0) is 54.7 Å². The van der Waals surface area contributed by atoms with E-state index < -0.39 is 0 Å². The second kappa shape index (κ2) is 6.90. The Labute approximate surface area is 146 Å². The molecule has 0 saturated carbocycles. The molecule has 0 radical (unpaired) electrons. The van der Waals surface area contributed by atoms with E-state index in [1.54, 1.807) is 24.5 Å². The summed E-state index contributed by atoms with van der Waals surface area (Å²) in [5.41, 5.74) is 8.42. The molecule has 2 aliphatic heterocycles. The number of hydrogen-bond donors (Lipinski definition) is 2.